The lowest BCUT2D eigenvalue weighted by Crippen LogP contribution is -2.30. The molecule has 1 N–H and O–H groups in total. The lowest BCUT2D eigenvalue weighted by atomic mass is 9.94. The minimum atomic E-state index is -0.491. The molecule has 7 heteroatoms. The van der Waals surface area contributed by atoms with Crippen molar-refractivity contribution in [3.8, 4) is 5.69 Å². The summed E-state index contributed by atoms with van der Waals surface area (Å²) in [5, 5.41) is 8.04. The molecule has 1 saturated heterocycles. The SMILES string of the molecule is Cc1ccn(-c2cccc(C(CC(=O)OC(C)(C)C)CN3CC[C@@H](CCc4ccc5c(n4)NCCC5)C3)c2)n1. The van der Waals surface area contributed by atoms with Crippen LogP contribution in [-0.4, -0.2) is 57.4 Å². The Kier molecular flexibility index (Phi) is 8.36. The molecule has 39 heavy (non-hydrogen) atoms. The zero-order valence-corrected chi connectivity index (χ0v) is 23.9. The number of nitrogens with zero attached hydrogens (tertiary/aromatic N) is 4. The molecule has 208 valence electrons. The maximum atomic E-state index is 12.9. The third-order valence-corrected chi connectivity index (χ3v) is 7.77. The molecule has 0 amide bonds. The van der Waals surface area contributed by atoms with Crippen LogP contribution in [0, 0.1) is 12.8 Å². The van der Waals surface area contributed by atoms with Crippen LogP contribution in [0.2, 0.25) is 0 Å². The third-order valence-electron chi connectivity index (χ3n) is 7.77. The van der Waals surface area contributed by atoms with Gasteiger partial charge in [-0.25, -0.2) is 9.67 Å². The fourth-order valence-electron chi connectivity index (χ4n) is 5.84. The summed E-state index contributed by atoms with van der Waals surface area (Å²) in [4.78, 5) is 20.4. The van der Waals surface area contributed by atoms with E-state index in [9.17, 15) is 4.79 Å². The minimum Gasteiger partial charge on any atom is -0.460 e. The van der Waals surface area contributed by atoms with E-state index < -0.39 is 5.60 Å². The first kappa shape index (κ1) is 27.4. The first-order chi connectivity index (χ1) is 18.7. The molecule has 1 fully saturated rings. The molecule has 2 aliphatic rings. The number of nitrogens with one attached hydrogen (secondary N) is 1. The van der Waals surface area contributed by atoms with E-state index in [0.29, 0.717) is 12.3 Å². The van der Waals surface area contributed by atoms with Crippen LogP contribution in [0.1, 0.15) is 74.9 Å². The summed E-state index contributed by atoms with van der Waals surface area (Å²) < 4.78 is 7.64. The normalized spacial score (nSPS) is 18.4. The summed E-state index contributed by atoms with van der Waals surface area (Å²) in [5.41, 5.74) is 5.20. The lowest BCUT2D eigenvalue weighted by Gasteiger charge is -2.26. The van der Waals surface area contributed by atoms with Gasteiger partial charge in [0.1, 0.15) is 11.4 Å². The molecule has 2 atom stereocenters. The van der Waals surface area contributed by atoms with Gasteiger partial charge in [0, 0.05) is 37.4 Å². The molecule has 1 unspecified atom stereocenters. The number of esters is 1. The van der Waals surface area contributed by atoms with Crippen molar-refractivity contribution in [2.45, 2.75) is 77.7 Å². The maximum absolute atomic E-state index is 12.9. The molecule has 0 spiro atoms. The zero-order valence-electron chi connectivity index (χ0n) is 23.9. The first-order valence-electron chi connectivity index (χ1n) is 14.5. The Bertz CT molecular complexity index is 1280. The van der Waals surface area contributed by atoms with Gasteiger partial charge in [0.15, 0.2) is 0 Å². The highest BCUT2D eigenvalue weighted by Crippen LogP contribution is 2.29. The molecule has 0 bridgehead atoms. The van der Waals surface area contributed by atoms with Gasteiger partial charge in [-0.2, -0.15) is 5.10 Å². The number of pyridine rings is 1. The molecule has 7 nitrogen and oxygen atoms in total. The average Bonchev–Trinajstić information content (AvgIpc) is 3.55. The van der Waals surface area contributed by atoms with Gasteiger partial charge in [0.2, 0.25) is 0 Å². The van der Waals surface area contributed by atoms with Gasteiger partial charge >= 0.3 is 5.97 Å². The summed E-state index contributed by atoms with van der Waals surface area (Å²) in [7, 11) is 0. The number of aromatic nitrogens is 3. The van der Waals surface area contributed by atoms with Crippen molar-refractivity contribution in [1.82, 2.24) is 19.7 Å². The van der Waals surface area contributed by atoms with Crippen LogP contribution < -0.4 is 5.32 Å². The first-order valence-corrected chi connectivity index (χ1v) is 14.5. The van der Waals surface area contributed by atoms with Crippen LogP contribution in [0.3, 0.4) is 0 Å². The summed E-state index contributed by atoms with van der Waals surface area (Å²) >= 11 is 0. The third kappa shape index (κ3) is 7.47. The molecular weight excluding hydrogens is 486 g/mol. The van der Waals surface area contributed by atoms with Crippen LogP contribution in [0.25, 0.3) is 5.69 Å². The zero-order chi connectivity index (χ0) is 27.4. The number of carbonyl (C=O) groups excluding carboxylic acids is 1. The fourth-order valence-corrected chi connectivity index (χ4v) is 5.84. The summed E-state index contributed by atoms with van der Waals surface area (Å²) in [6.45, 7) is 11.8. The molecular formula is C32H43N5O2. The number of aryl methyl sites for hydroxylation is 3. The van der Waals surface area contributed by atoms with Gasteiger partial charge in [-0.1, -0.05) is 18.2 Å². The lowest BCUT2D eigenvalue weighted by molar-refractivity contribution is -0.155. The summed E-state index contributed by atoms with van der Waals surface area (Å²) in [5.74, 6) is 1.65. The van der Waals surface area contributed by atoms with Crippen molar-refractivity contribution in [2.24, 2.45) is 5.92 Å². The molecule has 5 rings (SSSR count). The van der Waals surface area contributed by atoms with E-state index in [-0.39, 0.29) is 11.9 Å². The van der Waals surface area contributed by atoms with Crippen molar-refractivity contribution >= 4 is 11.8 Å². The summed E-state index contributed by atoms with van der Waals surface area (Å²) in [6, 6.07) is 14.9. The van der Waals surface area contributed by atoms with Crippen LogP contribution in [0.4, 0.5) is 5.82 Å². The molecule has 0 saturated carbocycles. The van der Waals surface area contributed by atoms with E-state index in [4.69, 9.17) is 9.72 Å². The smallest absolute Gasteiger partial charge is 0.306 e. The number of fused-ring (bicyclic) bond motifs is 1. The number of ether oxygens (including phenoxy) is 1. The monoisotopic (exact) mass is 529 g/mol. The van der Waals surface area contributed by atoms with Gasteiger partial charge in [-0.3, -0.25) is 4.79 Å². The predicted octanol–water partition coefficient (Wildman–Crippen LogP) is 5.70. The van der Waals surface area contributed by atoms with Crippen molar-refractivity contribution in [2.75, 3.05) is 31.5 Å². The quantitative estimate of drug-likeness (QED) is 0.358. The van der Waals surface area contributed by atoms with Gasteiger partial charge in [-0.15, -0.1) is 0 Å². The van der Waals surface area contributed by atoms with Crippen molar-refractivity contribution in [3.05, 3.63) is 71.2 Å². The van der Waals surface area contributed by atoms with E-state index >= 15 is 0 Å². The highest BCUT2D eigenvalue weighted by molar-refractivity contribution is 5.71. The molecule has 3 aromatic rings. The van der Waals surface area contributed by atoms with Crippen LogP contribution in [0.5, 0.6) is 0 Å². The highest BCUT2D eigenvalue weighted by atomic mass is 16.6. The van der Waals surface area contributed by atoms with Crippen molar-refractivity contribution in [3.63, 3.8) is 0 Å². The number of hydrogen-bond acceptors (Lipinski definition) is 6. The van der Waals surface area contributed by atoms with Gasteiger partial charge in [-0.05, 0) is 108 Å². The number of likely N-dealkylation sites (tertiary alicyclic amines) is 1. The number of benzene rings is 1. The second-order valence-corrected chi connectivity index (χ2v) is 12.3. The van der Waals surface area contributed by atoms with Crippen molar-refractivity contribution < 1.29 is 9.53 Å². The predicted molar refractivity (Wildman–Crippen MR) is 155 cm³/mol. The van der Waals surface area contributed by atoms with Crippen LogP contribution >= 0.6 is 0 Å². The average molecular weight is 530 g/mol. The van der Waals surface area contributed by atoms with E-state index in [1.807, 2.05) is 44.6 Å². The number of anilines is 1. The molecule has 0 radical (unpaired) electrons. The molecule has 2 aliphatic heterocycles. The molecule has 0 aliphatic carbocycles. The van der Waals surface area contributed by atoms with Gasteiger partial charge < -0.3 is 15.0 Å². The van der Waals surface area contributed by atoms with E-state index in [0.717, 1.165) is 68.2 Å². The van der Waals surface area contributed by atoms with Crippen molar-refractivity contribution in [1.29, 1.82) is 0 Å². The standard InChI is InChI=1S/C32H43N5O2/c1-23-14-18-37(35-23)29-9-5-7-26(19-29)27(20-30(38)39-32(2,3)4)22-36-17-15-24(21-36)10-12-28-13-11-25-8-6-16-33-31(25)34-28/h5,7,9,11,13-14,18-19,24,27H,6,8,10,12,15-17,20-22H2,1-4H3,(H,33,34)/t24-,27?/m1/s1. The Morgan fingerprint density at radius 3 is 2.87 bits per heavy atom. The summed E-state index contributed by atoms with van der Waals surface area (Å²) in [6.07, 6.45) is 8.01. The molecule has 4 heterocycles. The Hall–Kier alpha value is -3.19. The Morgan fingerprint density at radius 2 is 2.08 bits per heavy atom. The maximum Gasteiger partial charge on any atom is 0.306 e. The van der Waals surface area contributed by atoms with E-state index in [1.165, 1.54) is 24.1 Å². The number of hydrogen-bond donors (Lipinski definition) is 1. The number of carbonyl (C=O) groups is 1. The minimum absolute atomic E-state index is 0.0589. The van der Waals surface area contributed by atoms with Crippen LogP contribution in [0.15, 0.2) is 48.7 Å². The number of rotatable bonds is 9. The Morgan fingerprint density at radius 1 is 1.21 bits per heavy atom. The van der Waals surface area contributed by atoms with Gasteiger partial charge in [0.05, 0.1) is 17.8 Å². The fraction of sp³-hybridized carbons (Fsp3) is 0.531. The van der Waals surface area contributed by atoms with E-state index in [1.54, 1.807) is 0 Å². The highest BCUT2D eigenvalue weighted by Gasteiger charge is 2.28. The Balaban J connectivity index is 1.24. The molecule has 1 aromatic carbocycles. The Labute approximate surface area is 233 Å². The second-order valence-electron chi connectivity index (χ2n) is 12.3. The topological polar surface area (TPSA) is 72.3 Å². The van der Waals surface area contributed by atoms with E-state index in [2.05, 4.69) is 51.7 Å². The molecule has 2 aromatic heterocycles. The largest absolute Gasteiger partial charge is 0.460 e. The second kappa shape index (κ2) is 11.9. The van der Waals surface area contributed by atoms with Crippen LogP contribution in [-0.2, 0) is 22.4 Å². The van der Waals surface area contributed by atoms with Gasteiger partial charge in [0.25, 0.3) is 0 Å².